The number of benzene rings is 1. The molecule has 1 fully saturated rings. The summed E-state index contributed by atoms with van der Waals surface area (Å²) < 4.78 is 0. The van der Waals surface area contributed by atoms with Gasteiger partial charge < -0.3 is 10.6 Å². The number of hydrogen-bond acceptors (Lipinski definition) is 3. The predicted molar refractivity (Wildman–Crippen MR) is 75.3 cm³/mol. The zero-order chi connectivity index (χ0) is 13.3. The highest BCUT2D eigenvalue weighted by Crippen LogP contribution is 2.37. The van der Waals surface area contributed by atoms with E-state index in [1.165, 1.54) is 6.42 Å². The molecule has 1 aliphatic heterocycles. The van der Waals surface area contributed by atoms with E-state index in [1.807, 2.05) is 12.1 Å². The maximum atomic E-state index is 8.97. The molecule has 2 rings (SSSR count). The van der Waals surface area contributed by atoms with Crippen molar-refractivity contribution in [3.05, 3.63) is 23.8 Å². The van der Waals surface area contributed by atoms with Crippen molar-refractivity contribution in [2.45, 2.75) is 27.2 Å². The molecule has 1 aromatic rings. The van der Waals surface area contributed by atoms with Crippen LogP contribution in [0.1, 0.15) is 32.8 Å². The van der Waals surface area contributed by atoms with Gasteiger partial charge in [0.15, 0.2) is 0 Å². The van der Waals surface area contributed by atoms with Gasteiger partial charge in [-0.25, -0.2) is 0 Å². The fourth-order valence-electron chi connectivity index (χ4n) is 2.57. The average Bonchev–Trinajstić information content (AvgIpc) is 2.78. The second-order valence-corrected chi connectivity index (χ2v) is 6.18. The van der Waals surface area contributed by atoms with Crippen molar-refractivity contribution in [1.82, 2.24) is 0 Å². The molecule has 0 radical (unpaired) electrons. The highest BCUT2D eigenvalue weighted by molar-refractivity contribution is 5.70. The zero-order valence-corrected chi connectivity index (χ0v) is 11.4. The molecule has 0 aliphatic carbocycles. The molecule has 1 saturated heterocycles. The van der Waals surface area contributed by atoms with E-state index in [0.717, 1.165) is 24.5 Å². The van der Waals surface area contributed by atoms with Crippen molar-refractivity contribution in [2.75, 3.05) is 23.7 Å². The van der Waals surface area contributed by atoms with E-state index < -0.39 is 0 Å². The van der Waals surface area contributed by atoms with Crippen molar-refractivity contribution in [3.8, 4) is 6.07 Å². The van der Waals surface area contributed by atoms with Gasteiger partial charge in [0, 0.05) is 13.1 Å². The molecule has 3 heteroatoms. The third-order valence-electron chi connectivity index (χ3n) is 3.91. The third kappa shape index (κ3) is 2.43. The molecular weight excluding hydrogens is 222 g/mol. The van der Waals surface area contributed by atoms with Gasteiger partial charge in [-0.15, -0.1) is 0 Å². The quantitative estimate of drug-likeness (QED) is 0.771. The first kappa shape index (κ1) is 12.8. The molecular formula is C15H21N3. The van der Waals surface area contributed by atoms with Crippen LogP contribution in [-0.2, 0) is 0 Å². The van der Waals surface area contributed by atoms with Crippen molar-refractivity contribution in [2.24, 2.45) is 11.3 Å². The van der Waals surface area contributed by atoms with Crippen LogP contribution in [0.15, 0.2) is 18.2 Å². The molecule has 1 aromatic carbocycles. The largest absolute Gasteiger partial charge is 0.397 e. The lowest BCUT2D eigenvalue weighted by Gasteiger charge is -2.28. The number of anilines is 2. The first-order chi connectivity index (χ1) is 8.41. The Morgan fingerprint density at radius 1 is 1.39 bits per heavy atom. The standard InChI is InChI=1S/C15H21N3/c1-15(2,3)12-6-7-18(10-12)14-8-11(9-16)4-5-13(14)17/h4-5,8,12H,6-7,10,17H2,1-3H3. The Kier molecular flexibility index (Phi) is 3.21. The highest BCUT2D eigenvalue weighted by Gasteiger charge is 2.32. The van der Waals surface area contributed by atoms with Crippen LogP contribution >= 0.6 is 0 Å². The van der Waals surface area contributed by atoms with E-state index in [-0.39, 0.29) is 0 Å². The number of nitrogens with zero attached hydrogens (tertiary/aromatic N) is 2. The minimum atomic E-state index is 0.330. The zero-order valence-electron chi connectivity index (χ0n) is 11.4. The Bertz CT molecular complexity index is 479. The van der Waals surface area contributed by atoms with E-state index in [2.05, 4.69) is 31.7 Å². The monoisotopic (exact) mass is 243 g/mol. The molecule has 96 valence electrons. The van der Waals surface area contributed by atoms with Gasteiger partial charge in [0.1, 0.15) is 0 Å². The van der Waals surface area contributed by atoms with Crippen molar-refractivity contribution in [1.29, 1.82) is 5.26 Å². The topological polar surface area (TPSA) is 53.0 Å². The molecule has 1 heterocycles. The van der Waals surface area contributed by atoms with Crippen molar-refractivity contribution >= 4 is 11.4 Å². The fourth-order valence-corrected chi connectivity index (χ4v) is 2.57. The number of hydrogen-bond donors (Lipinski definition) is 1. The Labute approximate surface area is 109 Å². The maximum absolute atomic E-state index is 8.97. The van der Waals surface area contributed by atoms with Crippen LogP contribution < -0.4 is 10.6 Å². The van der Waals surface area contributed by atoms with Crippen molar-refractivity contribution in [3.63, 3.8) is 0 Å². The van der Waals surface area contributed by atoms with Gasteiger partial charge in [0.05, 0.1) is 23.0 Å². The summed E-state index contributed by atoms with van der Waals surface area (Å²) in [4.78, 5) is 2.31. The molecule has 1 unspecified atom stereocenters. The van der Waals surface area contributed by atoms with Gasteiger partial charge in [-0.05, 0) is 36.0 Å². The maximum Gasteiger partial charge on any atom is 0.0992 e. The van der Waals surface area contributed by atoms with Crippen LogP contribution in [0.2, 0.25) is 0 Å². The Balaban J connectivity index is 2.22. The minimum absolute atomic E-state index is 0.330. The van der Waals surface area contributed by atoms with Gasteiger partial charge in [0.2, 0.25) is 0 Å². The number of nitrogen functional groups attached to an aromatic ring is 1. The van der Waals surface area contributed by atoms with Crippen LogP contribution in [0.5, 0.6) is 0 Å². The molecule has 3 nitrogen and oxygen atoms in total. The molecule has 0 saturated carbocycles. The van der Waals surface area contributed by atoms with Gasteiger partial charge in [-0.3, -0.25) is 0 Å². The van der Waals surface area contributed by atoms with Crippen LogP contribution in [0.25, 0.3) is 0 Å². The van der Waals surface area contributed by atoms with Gasteiger partial charge in [-0.1, -0.05) is 20.8 Å². The third-order valence-corrected chi connectivity index (χ3v) is 3.91. The predicted octanol–water partition coefficient (Wildman–Crippen LogP) is 3.01. The number of nitrogens with two attached hydrogens (primary N) is 1. The van der Waals surface area contributed by atoms with E-state index in [4.69, 9.17) is 11.0 Å². The molecule has 1 atom stereocenters. The minimum Gasteiger partial charge on any atom is -0.397 e. The summed E-state index contributed by atoms with van der Waals surface area (Å²) in [6, 6.07) is 7.69. The first-order valence-electron chi connectivity index (χ1n) is 6.46. The SMILES string of the molecule is CC(C)(C)C1CCN(c2cc(C#N)ccc2N)C1. The van der Waals surface area contributed by atoms with Crippen molar-refractivity contribution < 1.29 is 0 Å². The van der Waals surface area contributed by atoms with Gasteiger partial charge >= 0.3 is 0 Å². The Morgan fingerprint density at radius 2 is 2.11 bits per heavy atom. The molecule has 0 amide bonds. The van der Waals surface area contributed by atoms with Crippen LogP contribution in [0.3, 0.4) is 0 Å². The van der Waals surface area contributed by atoms with E-state index in [1.54, 1.807) is 6.07 Å². The van der Waals surface area contributed by atoms with E-state index in [0.29, 0.717) is 16.9 Å². The number of nitriles is 1. The normalized spacial score (nSPS) is 19.9. The lowest BCUT2D eigenvalue weighted by Crippen LogP contribution is -2.26. The summed E-state index contributed by atoms with van der Waals surface area (Å²) in [6.07, 6.45) is 1.19. The van der Waals surface area contributed by atoms with Crippen LogP contribution in [-0.4, -0.2) is 13.1 Å². The summed E-state index contributed by atoms with van der Waals surface area (Å²) >= 11 is 0. The highest BCUT2D eigenvalue weighted by atomic mass is 15.2. The fraction of sp³-hybridized carbons (Fsp3) is 0.533. The first-order valence-corrected chi connectivity index (χ1v) is 6.46. The Hall–Kier alpha value is -1.69. The smallest absolute Gasteiger partial charge is 0.0992 e. The van der Waals surface area contributed by atoms with Gasteiger partial charge in [-0.2, -0.15) is 5.26 Å². The second-order valence-electron chi connectivity index (χ2n) is 6.18. The average molecular weight is 243 g/mol. The molecule has 2 N–H and O–H groups in total. The summed E-state index contributed by atoms with van der Waals surface area (Å²) in [5.74, 6) is 0.683. The lowest BCUT2D eigenvalue weighted by atomic mass is 9.80. The summed E-state index contributed by atoms with van der Waals surface area (Å²) in [5, 5.41) is 8.97. The summed E-state index contributed by atoms with van der Waals surface area (Å²) in [5.41, 5.74) is 8.82. The molecule has 0 spiro atoms. The summed E-state index contributed by atoms with van der Waals surface area (Å²) in [6.45, 7) is 8.92. The molecule has 0 aromatic heterocycles. The number of rotatable bonds is 1. The van der Waals surface area contributed by atoms with E-state index in [9.17, 15) is 0 Å². The lowest BCUT2D eigenvalue weighted by molar-refractivity contribution is 0.263. The summed E-state index contributed by atoms with van der Waals surface area (Å²) in [7, 11) is 0. The van der Waals surface area contributed by atoms with Gasteiger partial charge in [0.25, 0.3) is 0 Å². The van der Waals surface area contributed by atoms with E-state index >= 15 is 0 Å². The molecule has 1 aliphatic rings. The second kappa shape index (κ2) is 4.53. The van der Waals surface area contributed by atoms with Crippen LogP contribution in [0.4, 0.5) is 11.4 Å². The molecule has 18 heavy (non-hydrogen) atoms. The Morgan fingerprint density at radius 3 is 2.67 bits per heavy atom. The molecule has 0 bridgehead atoms. The van der Waals surface area contributed by atoms with Crippen LogP contribution in [0, 0.1) is 22.7 Å².